The number of amides is 1. The Morgan fingerprint density at radius 2 is 1.79 bits per heavy atom. The number of hydrogen-bond donors (Lipinski definition) is 3. The number of morpholine rings is 1. The minimum Gasteiger partial charge on any atom is -0.488 e. The first kappa shape index (κ1) is 25.1. The van der Waals surface area contributed by atoms with Crippen LogP contribution in [0.2, 0.25) is 0 Å². The average molecular weight is 530 g/mol. The number of piperidine rings is 1. The second-order valence-corrected chi connectivity index (χ2v) is 9.76. The lowest BCUT2D eigenvalue weighted by Gasteiger charge is -2.32. The topological polar surface area (TPSA) is 143 Å². The number of H-pyrrole nitrogens is 1. The van der Waals surface area contributed by atoms with Crippen molar-refractivity contribution in [1.29, 1.82) is 0 Å². The molecule has 0 spiro atoms. The van der Waals surface area contributed by atoms with Gasteiger partial charge in [0.1, 0.15) is 36.1 Å². The Balaban J connectivity index is 1.19. The molecule has 2 aromatic heterocycles. The van der Waals surface area contributed by atoms with Crippen LogP contribution in [-0.2, 0) is 9.53 Å². The number of imidazole rings is 1. The first-order chi connectivity index (χ1) is 19.1. The number of anilines is 2. The van der Waals surface area contributed by atoms with Crippen molar-refractivity contribution in [3.63, 3.8) is 0 Å². The maximum Gasteiger partial charge on any atom is 0.248 e. The minimum atomic E-state index is -0.463. The number of hydrogen-bond acceptors (Lipinski definition) is 9. The molecule has 11 heteroatoms. The second kappa shape index (κ2) is 10.9. The monoisotopic (exact) mass is 529 g/mol. The number of rotatable bonds is 6. The molecule has 0 aliphatic carbocycles. The summed E-state index contributed by atoms with van der Waals surface area (Å²) in [6, 6.07) is 14.0. The van der Waals surface area contributed by atoms with E-state index in [2.05, 4.69) is 44.1 Å². The van der Waals surface area contributed by atoms with Crippen molar-refractivity contribution in [3.8, 4) is 28.4 Å². The van der Waals surface area contributed by atoms with Crippen LogP contribution in [0.3, 0.4) is 0 Å². The van der Waals surface area contributed by atoms with Crippen LogP contribution in [0.5, 0.6) is 5.75 Å². The van der Waals surface area contributed by atoms with Gasteiger partial charge in [-0.1, -0.05) is 0 Å². The third kappa shape index (κ3) is 5.23. The number of aromatic amines is 1. The Labute approximate surface area is 225 Å². The predicted octanol–water partition coefficient (Wildman–Crippen LogP) is 2.47. The largest absolute Gasteiger partial charge is 0.488 e. The van der Waals surface area contributed by atoms with E-state index in [4.69, 9.17) is 25.3 Å². The lowest BCUT2D eigenvalue weighted by molar-refractivity contribution is -0.135. The fourth-order valence-electron chi connectivity index (χ4n) is 5.14. The SMILES string of the molecule is Nc1cc(-c2ncnc3nc(-c4ccc(N5CCOCC5)cc4)[nH]c23)ccc1OC1CCN(C(=O)CO)CC1. The molecule has 1 amide bonds. The number of nitrogens with one attached hydrogen (secondary N) is 1. The van der Waals surface area contributed by atoms with E-state index in [0.717, 1.165) is 48.8 Å². The zero-order chi connectivity index (χ0) is 26.8. The van der Waals surface area contributed by atoms with Crippen molar-refractivity contribution in [2.75, 3.05) is 56.6 Å². The van der Waals surface area contributed by atoms with E-state index in [1.165, 1.54) is 12.0 Å². The summed E-state index contributed by atoms with van der Waals surface area (Å²) in [7, 11) is 0. The highest BCUT2D eigenvalue weighted by Crippen LogP contribution is 2.33. The van der Waals surface area contributed by atoms with Crippen molar-refractivity contribution in [2.24, 2.45) is 0 Å². The number of aromatic nitrogens is 4. The van der Waals surface area contributed by atoms with Gasteiger partial charge in [-0.25, -0.2) is 15.0 Å². The molecule has 11 nitrogen and oxygen atoms in total. The number of nitrogens with zero attached hydrogens (tertiary/aromatic N) is 5. The molecule has 0 atom stereocenters. The Bertz CT molecular complexity index is 1460. The van der Waals surface area contributed by atoms with Crippen molar-refractivity contribution < 1.29 is 19.4 Å². The number of likely N-dealkylation sites (tertiary alicyclic amines) is 1. The number of ether oxygens (including phenoxy) is 2. The summed E-state index contributed by atoms with van der Waals surface area (Å²) >= 11 is 0. The van der Waals surface area contributed by atoms with E-state index in [-0.39, 0.29) is 12.0 Å². The maximum absolute atomic E-state index is 11.7. The fourth-order valence-corrected chi connectivity index (χ4v) is 5.14. The van der Waals surface area contributed by atoms with Crippen LogP contribution >= 0.6 is 0 Å². The van der Waals surface area contributed by atoms with Crippen LogP contribution < -0.4 is 15.4 Å². The molecule has 0 radical (unpaired) electrons. The quantitative estimate of drug-likeness (QED) is 0.321. The maximum atomic E-state index is 11.7. The van der Waals surface area contributed by atoms with Crippen molar-refractivity contribution in [2.45, 2.75) is 18.9 Å². The van der Waals surface area contributed by atoms with Gasteiger partial charge >= 0.3 is 0 Å². The van der Waals surface area contributed by atoms with Gasteiger partial charge in [-0.05, 0) is 42.5 Å². The lowest BCUT2D eigenvalue weighted by Crippen LogP contribution is -2.42. The number of benzene rings is 2. The molecule has 2 aliphatic heterocycles. The van der Waals surface area contributed by atoms with Crippen LogP contribution in [0.1, 0.15) is 12.8 Å². The summed E-state index contributed by atoms with van der Waals surface area (Å²) in [5.74, 6) is 1.07. The summed E-state index contributed by atoms with van der Waals surface area (Å²) < 4.78 is 11.6. The standard InChI is InChI=1S/C28H31N7O4/c29-22-15-19(3-6-23(22)39-21-7-9-35(10-8-21)24(37)16-36)25-26-28(31-17-30-25)33-27(32-26)18-1-4-20(5-2-18)34-11-13-38-14-12-34/h1-6,15,17,21,36H,7-14,16,29H2,(H,30,31,32,33). The molecule has 0 bridgehead atoms. The van der Waals surface area contributed by atoms with Crippen molar-refractivity contribution >= 4 is 28.4 Å². The number of carbonyl (C=O) groups is 1. The zero-order valence-corrected chi connectivity index (χ0v) is 21.5. The van der Waals surface area contributed by atoms with Gasteiger partial charge < -0.3 is 35.1 Å². The predicted molar refractivity (Wildman–Crippen MR) is 147 cm³/mol. The number of nitrogens with two attached hydrogens (primary N) is 1. The Morgan fingerprint density at radius 3 is 2.51 bits per heavy atom. The van der Waals surface area contributed by atoms with E-state index in [9.17, 15) is 4.79 Å². The van der Waals surface area contributed by atoms with Gasteiger partial charge in [0.05, 0.1) is 24.6 Å². The van der Waals surface area contributed by atoms with E-state index >= 15 is 0 Å². The molecule has 2 aliphatic rings. The van der Waals surface area contributed by atoms with Crippen LogP contribution in [-0.4, -0.2) is 88.0 Å². The normalized spacial score (nSPS) is 16.5. The van der Waals surface area contributed by atoms with Gasteiger partial charge in [0.2, 0.25) is 5.91 Å². The van der Waals surface area contributed by atoms with Gasteiger partial charge in [-0.3, -0.25) is 4.79 Å². The average Bonchev–Trinajstić information content (AvgIpc) is 3.43. The molecule has 0 unspecified atom stereocenters. The molecule has 4 aromatic rings. The molecule has 6 rings (SSSR count). The molecule has 2 saturated heterocycles. The number of aliphatic hydroxyl groups is 1. The third-order valence-corrected chi connectivity index (χ3v) is 7.31. The highest BCUT2D eigenvalue weighted by atomic mass is 16.5. The smallest absolute Gasteiger partial charge is 0.248 e. The van der Waals surface area contributed by atoms with E-state index in [1.807, 2.05) is 18.2 Å². The Morgan fingerprint density at radius 1 is 1.05 bits per heavy atom. The van der Waals surface area contributed by atoms with Crippen molar-refractivity contribution in [1.82, 2.24) is 24.8 Å². The number of carbonyl (C=O) groups excluding carboxylic acids is 1. The van der Waals surface area contributed by atoms with Gasteiger partial charge in [-0.15, -0.1) is 0 Å². The number of nitrogen functional groups attached to an aromatic ring is 1. The second-order valence-electron chi connectivity index (χ2n) is 9.76. The van der Waals surface area contributed by atoms with Crippen LogP contribution in [0.15, 0.2) is 48.8 Å². The molecule has 4 heterocycles. The van der Waals surface area contributed by atoms with Crippen LogP contribution in [0, 0.1) is 0 Å². The highest BCUT2D eigenvalue weighted by Gasteiger charge is 2.24. The first-order valence-corrected chi connectivity index (χ1v) is 13.2. The zero-order valence-electron chi connectivity index (χ0n) is 21.5. The molecule has 0 saturated carbocycles. The van der Waals surface area contributed by atoms with Crippen LogP contribution in [0.4, 0.5) is 11.4 Å². The van der Waals surface area contributed by atoms with Crippen molar-refractivity contribution in [3.05, 3.63) is 48.8 Å². The lowest BCUT2D eigenvalue weighted by atomic mass is 10.1. The summed E-state index contributed by atoms with van der Waals surface area (Å²) in [6.07, 6.45) is 2.83. The minimum absolute atomic E-state index is 0.0450. The molecule has 4 N–H and O–H groups in total. The number of aliphatic hydroxyl groups excluding tert-OH is 1. The van der Waals surface area contributed by atoms with E-state index in [0.29, 0.717) is 48.7 Å². The van der Waals surface area contributed by atoms with Gasteiger partial charge in [0.15, 0.2) is 5.65 Å². The Hall–Kier alpha value is -4.22. The summed E-state index contributed by atoms with van der Waals surface area (Å²) in [6.45, 7) is 3.92. The summed E-state index contributed by atoms with van der Waals surface area (Å²) in [4.78, 5) is 32.7. The van der Waals surface area contributed by atoms with Crippen LogP contribution in [0.25, 0.3) is 33.8 Å². The molecule has 2 fully saturated rings. The van der Waals surface area contributed by atoms with E-state index in [1.54, 1.807) is 4.90 Å². The van der Waals surface area contributed by atoms with E-state index < -0.39 is 6.61 Å². The third-order valence-electron chi connectivity index (χ3n) is 7.31. The van der Waals surface area contributed by atoms with Gasteiger partial charge in [0.25, 0.3) is 0 Å². The molecule has 39 heavy (non-hydrogen) atoms. The van der Waals surface area contributed by atoms with Gasteiger partial charge in [-0.2, -0.15) is 0 Å². The molecular weight excluding hydrogens is 498 g/mol. The summed E-state index contributed by atoms with van der Waals surface area (Å²) in [5.41, 5.74) is 11.9. The Kier molecular flexibility index (Phi) is 6.99. The molecular formula is C28H31N7O4. The number of fused-ring (bicyclic) bond motifs is 1. The molecule has 202 valence electrons. The van der Waals surface area contributed by atoms with Gasteiger partial charge in [0, 0.05) is 55.8 Å². The first-order valence-electron chi connectivity index (χ1n) is 13.2. The fraction of sp³-hybridized carbons (Fsp3) is 0.357. The summed E-state index contributed by atoms with van der Waals surface area (Å²) in [5, 5.41) is 9.07. The molecule has 2 aromatic carbocycles. The highest BCUT2D eigenvalue weighted by molar-refractivity contribution is 5.90.